The van der Waals surface area contributed by atoms with E-state index in [0.29, 0.717) is 40.7 Å². The van der Waals surface area contributed by atoms with Crippen LogP contribution >= 0.6 is 11.3 Å². The van der Waals surface area contributed by atoms with Crippen molar-refractivity contribution in [3.8, 4) is 10.4 Å². The van der Waals surface area contributed by atoms with Gasteiger partial charge in [0.15, 0.2) is 0 Å². The predicted molar refractivity (Wildman–Crippen MR) is 141 cm³/mol. The number of rotatable bonds is 6. The van der Waals surface area contributed by atoms with Crippen molar-refractivity contribution in [2.24, 2.45) is 0 Å². The van der Waals surface area contributed by atoms with Crippen molar-refractivity contribution in [2.45, 2.75) is 44.2 Å². The van der Waals surface area contributed by atoms with Crippen LogP contribution in [0.4, 0.5) is 5.69 Å². The van der Waals surface area contributed by atoms with E-state index in [1.165, 1.54) is 37.0 Å². The van der Waals surface area contributed by atoms with Gasteiger partial charge in [-0.2, -0.15) is 10.2 Å². The van der Waals surface area contributed by atoms with Crippen LogP contribution in [0.5, 0.6) is 0 Å². The van der Waals surface area contributed by atoms with E-state index in [9.17, 15) is 9.59 Å². The van der Waals surface area contributed by atoms with E-state index in [2.05, 4.69) is 30.4 Å². The van der Waals surface area contributed by atoms with Crippen molar-refractivity contribution < 1.29 is 9.90 Å². The Kier molecular flexibility index (Phi) is 5.17. The first-order chi connectivity index (χ1) is 18.0. The maximum absolute atomic E-state index is 13.1. The highest BCUT2D eigenvalue weighted by Gasteiger charge is 2.49. The quantitative estimate of drug-likeness (QED) is 0.315. The van der Waals surface area contributed by atoms with Crippen molar-refractivity contribution in [2.75, 3.05) is 25.0 Å². The van der Waals surface area contributed by atoms with Crippen LogP contribution < -0.4 is 10.9 Å². The number of fused-ring (bicyclic) bond motifs is 5. The Morgan fingerprint density at radius 1 is 1.19 bits per heavy atom. The number of aromatic amines is 1. The number of carbonyl (C=O) groups excluding carboxylic acids is 1. The van der Waals surface area contributed by atoms with Crippen molar-refractivity contribution in [1.29, 1.82) is 0 Å². The number of aromatic nitrogens is 6. The number of piperidine rings is 1. The van der Waals surface area contributed by atoms with Crippen LogP contribution in [0.25, 0.3) is 37.2 Å². The molecule has 1 saturated heterocycles. The molecule has 1 amide bonds. The third kappa shape index (κ3) is 3.83. The molecule has 0 radical (unpaired) electrons. The molecule has 1 spiro atoms. The maximum Gasteiger partial charge on any atom is 0.261 e. The SMILES string of the molecule is O=C(CN1CCCCC12CC2)Nc1cnc2c(c1)[nH]c(=O)c1c2nn2cc(-c3cnn(CCO)c3)sc12. The third-order valence-electron chi connectivity index (χ3n) is 7.58. The molecule has 5 aromatic rings. The molecule has 12 heteroatoms. The first kappa shape index (κ1) is 22.6. The number of H-pyrrole nitrogens is 1. The van der Waals surface area contributed by atoms with Crippen LogP contribution in [-0.2, 0) is 11.3 Å². The van der Waals surface area contributed by atoms with Crippen molar-refractivity contribution in [3.63, 3.8) is 0 Å². The Morgan fingerprint density at radius 2 is 2.08 bits per heavy atom. The Labute approximate surface area is 214 Å². The molecule has 2 aliphatic rings. The zero-order chi connectivity index (χ0) is 25.1. The van der Waals surface area contributed by atoms with Gasteiger partial charge in [0, 0.05) is 23.5 Å². The van der Waals surface area contributed by atoms with E-state index in [1.54, 1.807) is 27.7 Å². The van der Waals surface area contributed by atoms with Gasteiger partial charge in [0.2, 0.25) is 5.91 Å². The summed E-state index contributed by atoms with van der Waals surface area (Å²) in [5.41, 5.74) is 3.08. The molecule has 3 N–H and O–H groups in total. The van der Waals surface area contributed by atoms with Crippen molar-refractivity contribution >= 4 is 49.7 Å². The number of anilines is 1. The molecule has 7 rings (SSSR count). The summed E-state index contributed by atoms with van der Waals surface area (Å²) in [5.74, 6) is -0.0601. The topological polar surface area (TPSA) is 133 Å². The van der Waals surface area contributed by atoms with Gasteiger partial charge in [-0.1, -0.05) is 6.42 Å². The number of aliphatic hydroxyl groups is 1. The fourth-order valence-corrected chi connectivity index (χ4v) is 6.61. The Balaban J connectivity index is 1.18. The lowest BCUT2D eigenvalue weighted by Gasteiger charge is -2.35. The van der Waals surface area contributed by atoms with Crippen LogP contribution in [0, 0.1) is 0 Å². The molecular formula is C25H26N8O3S. The van der Waals surface area contributed by atoms with Gasteiger partial charge in [0.1, 0.15) is 21.3 Å². The first-order valence-corrected chi connectivity index (χ1v) is 13.4. The fourth-order valence-electron chi connectivity index (χ4n) is 5.55. The molecule has 0 atom stereocenters. The summed E-state index contributed by atoms with van der Waals surface area (Å²) in [7, 11) is 0. The number of nitrogens with zero attached hydrogens (tertiary/aromatic N) is 6. The van der Waals surface area contributed by atoms with Crippen LogP contribution in [0.3, 0.4) is 0 Å². The average molecular weight is 519 g/mol. The van der Waals surface area contributed by atoms with Gasteiger partial charge in [-0.15, -0.1) is 11.3 Å². The second-order valence-corrected chi connectivity index (χ2v) is 11.0. The van der Waals surface area contributed by atoms with E-state index in [4.69, 9.17) is 5.11 Å². The van der Waals surface area contributed by atoms with Crippen molar-refractivity contribution in [3.05, 3.63) is 41.2 Å². The van der Waals surface area contributed by atoms with E-state index >= 15 is 0 Å². The molecule has 6 heterocycles. The third-order valence-corrected chi connectivity index (χ3v) is 8.73. The number of pyridine rings is 2. The Morgan fingerprint density at radius 3 is 2.92 bits per heavy atom. The maximum atomic E-state index is 13.1. The fraction of sp³-hybridized carbons (Fsp3) is 0.400. The minimum atomic E-state index is -0.254. The summed E-state index contributed by atoms with van der Waals surface area (Å²) in [6.45, 7) is 1.79. The number of amides is 1. The Bertz CT molecular complexity index is 1730. The first-order valence-electron chi connectivity index (χ1n) is 12.6. The highest BCUT2D eigenvalue weighted by Crippen LogP contribution is 2.48. The van der Waals surface area contributed by atoms with Gasteiger partial charge < -0.3 is 15.4 Å². The largest absolute Gasteiger partial charge is 0.394 e. The lowest BCUT2D eigenvalue weighted by molar-refractivity contribution is -0.118. The summed E-state index contributed by atoms with van der Waals surface area (Å²) in [5, 5.41) is 21.5. The van der Waals surface area contributed by atoms with Gasteiger partial charge in [-0.25, -0.2) is 4.52 Å². The second-order valence-electron chi connectivity index (χ2n) is 10.0. The summed E-state index contributed by atoms with van der Waals surface area (Å²) in [6.07, 6.45) is 13.0. The normalized spacial score (nSPS) is 17.3. The number of hydrogen-bond donors (Lipinski definition) is 3. The molecule has 37 heavy (non-hydrogen) atoms. The number of aliphatic hydroxyl groups excluding tert-OH is 1. The standard InChI is InChI=1S/C25H26N8O3S/c34-8-7-32-12-15(10-27-32)18-13-33-24(37-18)20-22(30-33)21-17(29-23(20)36)9-16(11-26-21)28-19(35)14-31-6-2-1-3-25(31)4-5-25/h9-13,34H,1-8,14H2,(H,28,35)(H,29,36). The Hall–Kier alpha value is -3.61. The average Bonchev–Trinajstić information content (AvgIpc) is 3.19. The number of carbonyl (C=O) groups is 1. The van der Waals surface area contributed by atoms with Crippen molar-refractivity contribution in [1.82, 2.24) is 34.3 Å². The highest BCUT2D eigenvalue weighted by molar-refractivity contribution is 7.21. The second kappa shape index (κ2) is 8.47. The smallest absolute Gasteiger partial charge is 0.261 e. The van der Waals surface area contributed by atoms with Crippen LogP contribution in [0.1, 0.15) is 32.1 Å². The predicted octanol–water partition coefficient (Wildman–Crippen LogP) is 2.60. The molecule has 1 aliphatic heterocycles. The lowest BCUT2D eigenvalue weighted by Crippen LogP contribution is -2.45. The molecule has 2 fully saturated rings. The monoisotopic (exact) mass is 518 g/mol. The van der Waals surface area contributed by atoms with Crippen LogP contribution in [0.2, 0.25) is 0 Å². The molecule has 0 bridgehead atoms. The minimum absolute atomic E-state index is 0.0134. The van der Waals surface area contributed by atoms with E-state index in [-0.39, 0.29) is 23.6 Å². The number of hydrogen-bond acceptors (Lipinski definition) is 8. The van der Waals surface area contributed by atoms with Crippen LogP contribution in [0.15, 0.2) is 35.6 Å². The summed E-state index contributed by atoms with van der Waals surface area (Å²) in [4.78, 5) is 37.4. The minimum Gasteiger partial charge on any atom is -0.394 e. The summed E-state index contributed by atoms with van der Waals surface area (Å²) in [6, 6.07) is 1.75. The molecule has 1 aliphatic carbocycles. The molecule has 0 unspecified atom stereocenters. The van der Waals surface area contributed by atoms with Gasteiger partial charge >= 0.3 is 0 Å². The molecule has 1 saturated carbocycles. The highest BCUT2D eigenvalue weighted by atomic mass is 32.1. The van der Waals surface area contributed by atoms with Gasteiger partial charge in [-0.05, 0) is 38.3 Å². The number of likely N-dealkylation sites (tertiary alicyclic amines) is 1. The summed E-state index contributed by atoms with van der Waals surface area (Å²) < 4.78 is 3.37. The number of nitrogens with one attached hydrogen (secondary N) is 2. The zero-order valence-electron chi connectivity index (χ0n) is 20.1. The van der Waals surface area contributed by atoms with E-state index in [1.807, 2.05) is 12.4 Å². The van der Waals surface area contributed by atoms with Gasteiger partial charge in [-0.3, -0.25) is 24.2 Å². The van der Waals surface area contributed by atoms with E-state index in [0.717, 1.165) is 28.2 Å². The van der Waals surface area contributed by atoms with Crippen LogP contribution in [-0.4, -0.2) is 70.5 Å². The molecule has 190 valence electrons. The summed E-state index contributed by atoms with van der Waals surface area (Å²) >= 11 is 1.45. The molecule has 11 nitrogen and oxygen atoms in total. The zero-order valence-corrected chi connectivity index (χ0v) is 20.9. The lowest BCUT2D eigenvalue weighted by atomic mass is 10.00. The number of thiazole rings is 1. The van der Waals surface area contributed by atoms with E-state index < -0.39 is 0 Å². The van der Waals surface area contributed by atoms with Gasteiger partial charge in [0.05, 0.1) is 48.2 Å². The molecule has 0 aromatic carbocycles. The molecular weight excluding hydrogens is 492 g/mol. The molecule has 5 aromatic heterocycles. The van der Waals surface area contributed by atoms with Gasteiger partial charge in [0.25, 0.3) is 5.56 Å².